The van der Waals surface area contributed by atoms with Crippen LogP contribution in [0, 0.1) is 12.8 Å². The summed E-state index contributed by atoms with van der Waals surface area (Å²) in [4.78, 5) is 2.28. The van der Waals surface area contributed by atoms with Crippen LogP contribution in [0.4, 0.5) is 0 Å². The molecule has 0 unspecified atom stereocenters. The van der Waals surface area contributed by atoms with E-state index in [9.17, 15) is 8.42 Å². The Morgan fingerprint density at radius 2 is 2.05 bits per heavy atom. The van der Waals surface area contributed by atoms with Crippen molar-refractivity contribution in [2.45, 2.75) is 50.1 Å². The van der Waals surface area contributed by atoms with E-state index in [-0.39, 0.29) is 6.04 Å². The van der Waals surface area contributed by atoms with E-state index in [0.717, 1.165) is 22.6 Å². The highest BCUT2D eigenvalue weighted by atomic mass is 32.2. The van der Waals surface area contributed by atoms with Crippen LogP contribution in [0.5, 0.6) is 0 Å². The van der Waals surface area contributed by atoms with Crippen LogP contribution < -0.4 is 5.73 Å². The van der Waals surface area contributed by atoms with E-state index in [0.29, 0.717) is 23.9 Å². The maximum atomic E-state index is 12.8. The summed E-state index contributed by atoms with van der Waals surface area (Å²) in [7, 11) is -3.32. The number of hydrogen-bond donors (Lipinski definition) is 1. The summed E-state index contributed by atoms with van der Waals surface area (Å²) < 4.78 is 27.4. The molecule has 2 fully saturated rings. The summed E-state index contributed by atoms with van der Waals surface area (Å²) in [5, 5.41) is 0. The van der Waals surface area contributed by atoms with E-state index in [1.165, 1.54) is 24.2 Å². The molecule has 4 nitrogen and oxygen atoms in total. The van der Waals surface area contributed by atoms with Gasteiger partial charge in [-0.3, -0.25) is 0 Å². The lowest BCUT2D eigenvalue weighted by atomic mass is 10.4. The quantitative estimate of drug-likeness (QED) is 0.875. The first-order valence-electron chi connectivity index (χ1n) is 6.83. The van der Waals surface area contributed by atoms with Crippen LogP contribution in [0.3, 0.4) is 0 Å². The Morgan fingerprint density at radius 3 is 2.53 bits per heavy atom. The molecule has 2 aliphatic carbocycles. The smallest absolute Gasteiger partial charge is 0.244 e. The Labute approximate surface area is 118 Å². The predicted octanol–water partition coefficient (Wildman–Crippen LogP) is 2.08. The Hall–Kier alpha value is -0.430. The van der Waals surface area contributed by atoms with Crippen molar-refractivity contribution in [3.05, 3.63) is 15.8 Å². The Bertz CT molecular complexity index is 571. The van der Waals surface area contributed by atoms with Gasteiger partial charge in [-0.2, -0.15) is 4.31 Å². The molecular formula is C13H20N2O2S2. The number of nitrogens with zero attached hydrogens (tertiary/aromatic N) is 1. The van der Waals surface area contributed by atoms with Gasteiger partial charge >= 0.3 is 0 Å². The number of thiophene rings is 1. The molecule has 2 aliphatic rings. The summed E-state index contributed by atoms with van der Waals surface area (Å²) in [6.45, 7) is 2.99. The van der Waals surface area contributed by atoms with Gasteiger partial charge in [-0.05, 0) is 44.6 Å². The summed E-state index contributed by atoms with van der Waals surface area (Å²) in [6, 6.07) is 2.00. The Morgan fingerprint density at radius 1 is 1.37 bits per heavy atom. The minimum absolute atomic E-state index is 0.242. The second kappa shape index (κ2) is 4.84. The van der Waals surface area contributed by atoms with Crippen molar-refractivity contribution in [3.8, 4) is 0 Å². The first kappa shape index (κ1) is 13.5. The van der Waals surface area contributed by atoms with Crippen molar-refractivity contribution in [2.75, 3.05) is 6.54 Å². The van der Waals surface area contributed by atoms with Gasteiger partial charge in [0.1, 0.15) is 0 Å². The molecule has 0 aliphatic heterocycles. The van der Waals surface area contributed by atoms with E-state index in [1.54, 1.807) is 10.4 Å². The predicted molar refractivity (Wildman–Crippen MR) is 76.6 cm³/mol. The van der Waals surface area contributed by atoms with Crippen molar-refractivity contribution < 1.29 is 8.42 Å². The SMILES string of the molecule is Cc1sc(CN)cc1S(=O)(=O)N(CC1CC1)C1CC1. The lowest BCUT2D eigenvalue weighted by molar-refractivity contribution is 0.388. The van der Waals surface area contributed by atoms with Gasteiger partial charge in [0.05, 0.1) is 4.90 Å². The number of sulfonamides is 1. The maximum Gasteiger partial charge on any atom is 0.244 e. The highest BCUT2D eigenvalue weighted by molar-refractivity contribution is 7.89. The van der Waals surface area contributed by atoms with Crippen LogP contribution in [-0.4, -0.2) is 25.3 Å². The zero-order valence-corrected chi connectivity index (χ0v) is 12.8. The Kier molecular flexibility index (Phi) is 3.45. The topological polar surface area (TPSA) is 63.4 Å². The number of nitrogens with two attached hydrogens (primary N) is 1. The lowest BCUT2D eigenvalue weighted by Gasteiger charge is -2.21. The summed E-state index contributed by atoms with van der Waals surface area (Å²) in [5.74, 6) is 0.586. The fraction of sp³-hybridized carbons (Fsp3) is 0.692. The van der Waals surface area contributed by atoms with Gasteiger partial charge in [0.2, 0.25) is 10.0 Å². The molecule has 1 aromatic rings. The number of rotatable bonds is 6. The van der Waals surface area contributed by atoms with Crippen LogP contribution in [0.1, 0.15) is 35.4 Å². The normalized spacial score (nSPS) is 20.2. The molecule has 0 bridgehead atoms. The van der Waals surface area contributed by atoms with Crippen LogP contribution >= 0.6 is 11.3 Å². The van der Waals surface area contributed by atoms with Gasteiger partial charge in [0.25, 0.3) is 0 Å². The average molecular weight is 300 g/mol. The molecule has 2 N–H and O–H groups in total. The van der Waals surface area contributed by atoms with E-state index in [2.05, 4.69) is 0 Å². The zero-order chi connectivity index (χ0) is 13.6. The molecule has 0 spiro atoms. The highest BCUT2D eigenvalue weighted by Crippen LogP contribution is 2.39. The first-order valence-corrected chi connectivity index (χ1v) is 9.09. The van der Waals surface area contributed by atoms with Gasteiger partial charge in [-0.1, -0.05) is 0 Å². The maximum absolute atomic E-state index is 12.8. The van der Waals surface area contributed by atoms with Crippen LogP contribution in [0.15, 0.2) is 11.0 Å². The number of aryl methyl sites for hydroxylation is 1. The molecule has 0 amide bonds. The molecule has 0 aromatic carbocycles. The van der Waals surface area contributed by atoms with E-state index in [1.807, 2.05) is 6.92 Å². The van der Waals surface area contributed by atoms with Crippen molar-refractivity contribution in [1.29, 1.82) is 0 Å². The van der Waals surface area contributed by atoms with Gasteiger partial charge in [-0.25, -0.2) is 8.42 Å². The largest absolute Gasteiger partial charge is 0.326 e. The first-order chi connectivity index (χ1) is 9.02. The molecule has 106 valence electrons. The van der Waals surface area contributed by atoms with Crippen molar-refractivity contribution in [3.63, 3.8) is 0 Å². The summed E-state index contributed by atoms with van der Waals surface area (Å²) in [6.07, 6.45) is 4.38. The molecule has 3 rings (SSSR count). The van der Waals surface area contributed by atoms with Gasteiger partial charge in [0, 0.05) is 28.9 Å². The van der Waals surface area contributed by atoms with Gasteiger partial charge in [-0.15, -0.1) is 11.3 Å². The van der Waals surface area contributed by atoms with Crippen molar-refractivity contribution >= 4 is 21.4 Å². The molecule has 19 heavy (non-hydrogen) atoms. The molecule has 0 saturated heterocycles. The summed E-state index contributed by atoms with van der Waals surface area (Å²) in [5.41, 5.74) is 5.62. The third-order valence-corrected chi connectivity index (χ3v) is 7.05. The van der Waals surface area contributed by atoms with E-state index < -0.39 is 10.0 Å². The van der Waals surface area contributed by atoms with Gasteiger partial charge in [0.15, 0.2) is 0 Å². The average Bonchev–Trinajstić information content (AvgIpc) is 3.24. The van der Waals surface area contributed by atoms with Crippen LogP contribution in [0.2, 0.25) is 0 Å². The Balaban J connectivity index is 1.91. The van der Waals surface area contributed by atoms with Gasteiger partial charge < -0.3 is 5.73 Å². The summed E-state index contributed by atoms with van der Waals surface area (Å²) >= 11 is 1.49. The lowest BCUT2D eigenvalue weighted by Crippen LogP contribution is -2.35. The molecule has 1 heterocycles. The van der Waals surface area contributed by atoms with E-state index >= 15 is 0 Å². The minimum Gasteiger partial charge on any atom is -0.326 e. The molecular weight excluding hydrogens is 280 g/mol. The minimum atomic E-state index is -3.32. The number of hydrogen-bond acceptors (Lipinski definition) is 4. The fourth-order valence-electron chi connectivity index (χ4n) is 2.37. The van der Waals surface area contributed by atoms with Crippen molar-refractivity contribution in [2.24, 2.45) is 11.7 Å². The zero-order valence-electron chi connectivity index (χ0n) is 11.1. The highest BCUT2D eigenvalue weighted by Gasteiger charge is 2.41. The third kappa shape index (κ3) is 2.72. The molecule has 1 aromatic heterocycles. The fourth-order valence-corrected chi connectivity index (χ4v) is 5.61. The molecule has 0 radical (unpaired) electrons. The molecule has 0 atom stereocenters. The monoisotopic (exact) mass is 300 g/mol. The van der Waals surface area contributed by atoms with Crippen LogP contribution in [0.25, 0.3) is 0 Å². The second-order valence-corrected chi connectivity index (χ2v) is 8.79. The van der Waals surface area contributed by atoms with Crippen molar-refractivity contribution in [1.82, 2.24) is 4.31 Å². The third-order valence-electron chi connectivity index (χ3n) is 3.80. The molecule has 2 saturated carbocycles. The second-order valence-electron chi connectivity index (χ2n) is 5.59. The van der Waals surface area contributed by atoms with E-state index in [4.69, 9.17) is 5.73 Å². The molecule has 6 heteroatoms. The van der Waals surface area contributed by atoms with Crippen LogP contribution in [-0.2, 0) is 16.6 Å². The standard InChI is InChI=1S/C13H20N2O2S2/c1-9-13(6-12(7-14)18-9)19(16,17)15(11-4-5-11)8-10-2-3-10/h6,10-11H,2-5,7-8,14H2,1H3.